The Balaban J connectivity index is 2.17. The molecular weight excluding hydrogens is 290 g/mol. The van der Waals surface area contributed by atoms with E-state index < -0.39 is 4.92 Å². The van der Waals surface area contributed by atoms with Crippen LogP contribution < -0.4 is 16.0 Å². The van der Waals surface area contributed by atoms with Crippen molar-refractivity contribution in [2.24, 2.45) is 5.84 Å². The van der Waals surface area contributed by atoms with Crippen LogP contribution in [-0.2, 0) is 5.75 Å². The molecule has 21 heavy (non-hydrogen) atoms. The average Bonchev–Trinajstić information content (AvgIpc) is 2.52. The van der Waals surface area contributed by atoms with Gasteiger partial charge in [-0.25, -0.2) is 0 Å². The summed E-state index contributed by atoms with van der Waals surface area (Å²) in [6.07, 6.45) is 0. The van der Waals surface area contributed by atoms with Crippen molar-refractivity contribution in [3.05, 3.63) is 58.1 Å². The highest BCUT2D eigenvalue weighted by Crippen LogP contribution is 2.30. The Labute approximate surface area is 126 Å². The highest BCUT2D eigenvalue weighted by atomic mass is 32.2. The Hall–Kier alpha value is -2.25. The third kappa shape index (κ3) is 3.87. The number of nitrogen functional groups attached to an aromatic ring is 1. The molecule has 0 saturated heterocycles. The molecule has 0 aromatic heterocycles. The maximum absolute atomic E-state index is 10.8. The predicted octanol–water partition coefficient (Wildman–Crippen LogP) is 3.18. The molecule has 0 unspecified atom stereocenters. The molecule has 0 radical (unpaired) electrons. The van der Waals surface area contributed by atoms with Crippen molar-refractivity contribution in [2.45, 2.75) is 10.6 Å². The third-order valence-electron chi connectivity index (χ3n) is 2.89. The number of non-ortho nitro benzene ring substituents is 1. The first-order chi connectivity index (χ1) is 10.1. The molecule has 0 aliphatic rings. The van der Waals surface area contributed by atoms with Crippen LogP contribution in [0.5, 0.6) is 5.75 Å². The van der Waals surface area contributed by atoms with Gasteiger partial charge in [-0.1, -0.05) is 6.07 Å². The summed E-state index contributed by atoms with van der Waals surface area (Å²) in [5, 5.41) is 10.8. The van der Waals surface area contributed by atoms with Crippen LogP contribution in [0.2, 0.25) is 0 Å². The van der Waals surface area contributed by atoms with E-state index in [1.165, 1.54) is 12.1 Å². The van der Waals surface area contributed by atoms with E-state index in [0.717, 1.165) is 16.2 Å². The largest absolute Gasteiger partial charge is 0.497 e. The van der Waals surface area contributed by atoms with Gasteiger partial charge in [0.05, 0.1) is 17.7 Å². The topological polar surface area (TPSA) is 90.4 Å². The summed E-state index contributed by atoms with van der Waals surface area (Å²) in [6, 6.07) is 12.2. The number of anilines is 1. The van der Waals surface area contributed by atoms with E-state index in [1.54, 1.807) is 24.9 Å². The van der Waals surface area contributed by atoms with Gasteiger partial charge < -0.3 is 10.2 Å². The van der Waals surface area contributed by atoms with Crippen LogP contribution in [0.25, 0.3) is 0 Å². The minimum Gasteiger partial charge on any atom is -0.497 e. The number of hydrazine groups is 1. The lowest BCUT2D eigenvalue weighted by Gasteiger charge is -2.09. The molecule has 2 aromatic carbocycles. The number of hydrogen-bond donors (Lipinski definition) is 2. The molecule has 0 aliphatic heterocycles. The number of nitrogens with zero attached hydrogens (tertiary/aromatic N) is 1. The summed E-state index contributed by atoms with van der Waals surface area (Å²) in [5.41, 5.74) is 4.07. The predicted molar refractivity (Wildman–Crippen MR) is 83.5 cm³/mol. The second kappa shape index (κ2) is 6.96. The molecule has 0 heterocycles. The van der Waals surface area contributed by atoms with E-state index in [0.29, 0.717) is 11.4 Å². The van der Waals surface area contributed by atoms with Crippen molar-refractivity contribution in [3.8, 4) is 5.75 Å². The number of ether oxygens (including phenoxy) is 1. The molecule has 0 fully saturated rings. The summed E-state index contributed by atoms with van der Waals surface area (Å²) in [5.74, 6) is 6.78. The van der Waals surface area contributed by atoms with Crippen LogP contribution in [0.4, 0.5) is 11.4 Å². The Bertz CT molecular complexity index is 649. The SMILES string of the molecule is COc1cccc(SCc2cc([N+](=O)[O-])ccc2NN)c1. The minimum absolute atomic E-state index is 0.0512. The van der Waals surface area contributed by atoms with E-state index in [-0.39, 0.29) is 5.69 Å². The zero-order valence-electron chi connectivity index (χ0n) is 11.4. The van der Waals surface area contributed by atoms with Crippen LogP contribution in [-0.4, -0.2) is 12.0 Å². The van der Waals surface area contributed by atoms with Gasteiger partial charge in [-0.05, 0) is 29.8 Å². The van der Waals surface area contributed by atoms with Crippen molar-refractivity contribution in [1.82, 2.24) is 0 Å². The van der Waals surface area contributed by atoms with Gasteiger partial charge in [-0.15, -0.1) is 11.8 Å². The monoisotopic (exact) mass is 305 g/mol. The number of rotatable bonds is 6. The number of nitro benzene ring substituents is 1. The molecule has 0 saturated carbocycles. The minimum atomic E-state index is -0.417. The molecule has 3 N–H and O–H groups in total. The average molecular weight is 305 g/mol. The molecule has 0 bridgehead atoms. The Morgan fingerprint density at radius 1 is 1.33 bits per heavy atom. The van der Waals surface area contributed by atoms with Gasteiger partial charge in [0.15, 0.2) is 0 Å². The number of hydrogen-bond acceptors (Lipinski definition) is 6. The van der Waals surface area contributed by atoms with Gasteiger partial charge >= 0.3 is 0 Å². The van der Waals surface area contributed by atoms with Crippen LogP contribution in [0, 0.1) is 10.1 Å². The zero-order chi connectivity index (χ0) is 15.2. The number of nitro groups is 1. The highest BCUT2D eigenvalue weighted by Gasteiger charge is 2.10. The smallest absolute Gasteiger partial charge is 0.269 e. The number of nitrogens with one attached hydrogen (secondary N) is 1. The molecule has 6 nitrogen and oxygen atoms in total. The van der Waals surface area contributed by atoms with E-state index in [2.05, 4.69) is 5.43 Å². The van der Waals surface area contributed by atoms with Crippen molar-refractivity contribution < 1.29 is 9.66 Å². The Morgan fingerprint density at radius 2 is 2.14 bits per heavy atom. The van der Waals surface area contributed by atoms with Gasteiger partial charge in [0.1, 0.15) is 5.75 Å². The third-order valence-corrected chi connectivity index (χ3v) is 3.93. The molecule has 0 aliphatic carbocycles. The first kappa shape index (κ1) is 15.1. The summed E-state index contributed by atoms with van der Waals surface area (Å²) in [6.45, 7) is 0. The van der Waals surface area contributed by atoms with E-state index >= 15 is 0 Å². The maximum atomic E-state index is 10.8. The quantitative estimate of drug-likeness (QED) is 0.369. The van der Waals surface area contributed by atoms with Crippen molar-refractivity contribution in [3.63, 3.8) is 0 Å². The molecule has 0 atom stereocenters. The summed E-state index contributed by atoms with van der Waals surface area (Å²) in [7, 11) is 1.61. The number of nitrogens with two attached hydrogens (primary N) is 1. The summed E-state index contributed by atoms with van der Waals surface area (Å²) >= 11 is 1.55. The van der Waals surface area contributed by atoms with Gasteiger partial charge in [0, 0.05) is 22.8 Å². The van der Waals surface area contributed by atoms with Crippen LogP contribution in [0.3, 0.4) is 0 Å². The number of benzene rings is 2. The molecule has 0 amide bonds. The lowest BCUT2D eigenvalue weighted by atomic mass is 10.2. The van der Waals surface area contributed by atoms with Gasteiger partial charge in [-0.3, -0.25) is 16.0 Å². The summed E-state index contributed by atoms with van der Waals surface area (Å²) < 4.78 is 5.17. The lowest BCUT2D eigenvalue weighted by molar-refractivity contribution is -0.384. The van der Waals surface area contributed by atoms with E-state index in [9.17, 15) is 10.1 Å². The molecule has 7 heteroatoms. The van der Waals surface area contributed by atoms with Crippen molar-refractivity contribution in [2.75, 3.05) is 12.5 Å². The van der Waals surface area contributed by atoms with Crippen molar-refractivity contribution in [1.29, 1.82) is 0 Å². The number of thioether (sulfide) groups is 1. The van der Waals surface area contributed by atoms with Crippen LogP contribution in [0.1, 0.15) is 5.56 Å². The van der Waals surface area contributed by atoms with Gasteiger partial charge in [0.2, 0.25) is 0 Å². The number of methoxy groups -OCH3 is 1. The first-order valence-electron chi connectivity index (χ1n) is 6.15. The summed E-state index contributed by atoms with van der Waals surface area (Å²) in [4.78, 5) is 11.4. The second-order valence-corrected chi connectivity index (χ2v) is 5.26. The first-order valence-corrected chi connectivity index (χ1v) is 7.13. The van der Waals surface area contributed by atoms with Gasteiger partial charge in [0.25, 0.3) is 5.69 Å². The van der Waals surface area contributed by atoms with Crippen LogP contribution in [0.15, 0.2) is 47.4 Å². The molecule has 2 aromatic rings. The maximum Gasteiger partial charge on any atom is 0.269 e. The molecule has 0 spiro atoms. The Kier molecular flexibility index (Phi) is 5.02. The normalized spacial score (nSPS) is 10.2. The fourth-order valence-electron chi connectivity index (χ4n) is 1.81. The lowest BCUT2D eigenvalue weighted by Crippen LogP contribution is -2.09. The van der Waals surface area contributed by atoms with E-state index in [1.807, 2.05) is 24.3 Å². The molecular formula is C14H15N3O3S. The standard InChI is InChI=1S/C14H15N3O3S/c1-20-12-3-2-4-13(8-12)21-9-10-7-11(17(18)19)5-6-14(10)16-15/h2-8,16H,9,15H2,1H3. The Morgan fingerprint density at radius 3 is 2.81 bits per heavy atom. The fourth-order valence-corrected chi connectivity index (χ4v) is 2.74. The van der Waals surface area contributed by atoms with Crippen LogP contribution >= 0.6 is 11.8 Å². The molecule has 110 valence electrons. The van der Waals surface area contributed by atoms with E-state index in [4.69, 9.17) is 10.6 Å². The fraction of sp³-hybridized carbons (Fsp3) is 0.143. The second-order valence-electron chi connectivity index (χ2n) is 4.21. The van der Waals surface area contributed by atoms with Gasteiger partial charge in [-0.2, -0.15) is 0 Å². The zero-order valence-corrected chi connectivity index (χ0v) is 12.2. The highest BCUT2D eigenvalue weighted by molar-refractivity contribution is 7.98. The van der Waals surface area contributed by atoms with Crippen molar-refractivity contribution >= 4 is 23.1 Å². The molecule has 2 rings (SSSR count).